The van der Waals surface area contributed by atoms with Crippen molar-refractivity contribution in [2.75, 3.05) is 0 Å². The van der Waals surface area contributed by atoms with Crippen molar-refractivity contribution < 1.29 is 43.9 Å². The summed E-state index contributed by atoms with van der Waals surface area (Å²) in [7, 11) is 0. The van der Waals surface area contributed by atoms with Gasteiger partial charge in [-0.05, 0) is 0 Å². The van der Waals surface area contributed by atoms with Crippen molar-refractivity contribution in [2.24, 2.45) is 0 Å². The second-order valence-electron chi connectivity index (χ2n) is 1.03. The van der Waals surface area contributed by atoms with Crippen LogP contribution >= 0.6 is 0 Å². The van der Waals surface area contributed by atoms with Gasteiger partial charge in [0, 0.05) is 0 Å². The fourth-order valence-corrected chi connectivity index (χ4v) is 0.262. The van der Waals surface area contributed by atoms with Gasteiger partial charge in [-0.2, -0.15) is 0 Å². The second kappa shape index (κ2) is 3.60. The van der Waals surface area contributed by atoms with E-state index >= 15 is 0 Å². The van der Waals surface area contributed by atoms with E-state index in [4.69, 9.17) is 0 Å². The summed E-state index contributed by atoms with van der Waals surface area (Å²) >= 11 is 0. The van der Waals surface area contributed by atoms with Crippen LogP contribution in [0, 0.1) is 0 Å². The zero-order valence-electron chi connectivity index (χ0n) is 4.70. The Hall–Kier alpha value is -0.390. The Morgan fingerprint density at radius 2 is 2.44 bits per heavy atom. The van der Waals surface area contributed by atoms with Crippen molar-refractivity contribution in [3.63, 3.8) is 0 Å². The van der Waals surface area contributed by atoms with Crippen molar-refractivity contribution >= 4 is 5.97 Å². The van der Waals surface area contributed by atoms with Crippen LogP contribution in [0.5, 0.6) is 0 Å². The fourth-order valence-electron chi connectivity index (χ4n) is 0.262. The van der Waals surface area contributed by atoms with Crippen LogP contribution in [0.1, 0.15) is 10.7 Å². The van der Waals surface area contributed by atoms with E-state index in [1.807, 2.05) is 0 Å². The van der Waals surface area contributed by atoms with Gasteiger partial charge in [0.2, 0.25) is 6.39 Å². The summed E-state index contributed by atoms with van der Waals surface area (Å²) in [5.74, 6) is -1.95. The molecule has 1 aromatic rings. The van der Waals surface area contributed by atoms with Crippen molar-refractivity contribution in [1.29, 1.82) is 0 Å². The van der Waals surface area contributed by atoms with Gasteiger partial charge in [-0.25, -0.2) is 0 Å². The Morgan fingerprint density at radius 1 is 1.78 bits per heavy atom. The molecule has 0 unspecified atom stereocenters. The zero-order valence-corrected chi connectivity index (χ0v) is 6.70. The molecule has 9 heavy (non-hydrogen) atoms. The third kappa shape index (κ3) is 2.13. The predicted octanol–water partition coefficient (Wildman–Crippen LogP) is -4.56. The molecule has 6 heteroatoms. The summed E-state index contributed by atoms with van der Waals surface area (Å²) in [5, 5.41) is 15.9. The third-order valence-corrected chi connectivity index (χ3v) is 0.535. The molecule has 0 spiro atoms. The molecule has 1 aromatic heterocycles. The summed E-state index contributed by atoms with van der Waals surface area (Å²) in [6, 6.07) is 0. The number of aromatic carboxylic acids is 1. The van der Waals surface area contributed by atoms with Gasteiger partial charge >= 0.3 is 29.6 Å². The van der Waals surface area contributed by atoms with E-state index in [2.05, 4.69) is 14.6 Å². The van der Waals surface area contributed by atoms with Gasteiger partial charge in [-0.15, -0.1) is 10.2 Å². The predicted molar refractivity (Wildman–Crippen MR) is 18.6 cm³/mol. The van der Waals surface area contributed by atoms with Crippen molar-refractivity contribution in [3.8, 4) is 0 Å². The zero-order chi connectivity index (χ0) is 5.98. The largest absolute Gasteiger partial charge is 1.00 e. The molecule has 0 aromatic carbocycles. The Labute approximate surface area is 72.4 Å². The molecule has 0 saturated heterocycles. The summed E-state index contributed by atoms with van der Waals surface area (Å²) in [5.41, 5.74) is 0. The Kier molecular flexibility index (Phi) is 3.44. The van der Waals surface area contributed by atoms with E-state index in [9.17, 15) is 9.90 Å². The molecule has 0 bridgehead atoms. The van der Waals surface area contributed by atoms with Crippen molar-refractivity contribution in [2.45, 2.75) is 0 Å². The topological polar surface area (TPSA) is 79.0 Å². The summed E-state index contributed by atoms with van der Waals surface area (Å²) in [6.07, 6.45) is 0.922. The molecule has 5 nitrogen and oxygen atoms in total. The van der Waals surface area contributed by atoms with Crippen LogP contribution in [-0.4, -0.2) is 16.2 Å². The Balaban J connectivity index is 0.000000640. The van der Waals surface area contributed by atoms with Gasteiger partial charge in [0.15, 0.2) is 0 Å². The first kappa shape index (κ1) is 8.61. The van der Waals surface area contributed by atoms with Crippen LogP contribution in [-0.2, 0) is 0 Å². The number of hydrogen-bond donors (Lipinski definition) is 0. The molecule has 42 valence electrons. The number of aromatic nitrogens is 2. The summed E-state index contributed by atoms with van der Waals surface area (Å²) in [6.45, 7) is 0. The number of carboxylic acids is 1. The molecular weight excluding hydrogens is 135 g/mol. The molecule has 0 radical (unpaired) electrons. The standard InChI is InChI=1S/C3H2N2O3.Na/c6-3(7)2-5-4-1-8-2;/h1H,(H,6,7);/q;+1/p-1. The van der Waals surface area contributed by atoms with E-state index < -0.39 is 11.9 Å². The maximum absolute atomic E-state index is 9.75. The van der Waals surface area contributed by atoms with E-state index in [-0.39, 0.29) is 29.6 Å². The third-order valence-electron chi connectivity index (χ3n) is 0.535. The first-order chi connectivity index (χ1) is 3.80. The molecule has 1 heterocycles. The molecule has 1 rings (SSSR count). The number of rotatable bonds is 1. The fraction of sp³-hybridized carbons (Fsp3) is 0. The molecule has 0 aliphatic rings. The molecule has 0 atom stereocenters. The minimum atomic E-state index is -1.46. The summed E-state index contributed by atoms with van der Waals surface area (Å²) < 4.78 is 4.21. The molecule has 0 amide bonds. The summed E-state index contributed by atoms with van der Waals surface area (Å²) in [4.78, 5) is 9.75. The first-order valence-corrected chi connectivity index (χ1v) is 1.78. The average Bonchev–Trinajstić information content (AvgIpc) is 2.12. The Bertz CT molecular complexity index is 185. The minimum absolute atomic E-state index is 0. The van der Waals surface area contributed by atoms with Crippen LogP contribution in [0.15, 0.2) is 10.8 Å². The second-order valence-corrected chi connectivity index (χ2v) is 1.03. The number of nitrogens with zero attached hydrogens (tertiary/aromatic N) is 2. The van der Waals surface area contributed by atoms with Gasteiger partial charge in [0.05, 0.1) is 0 Å². The van der Waals surface area contributed by atoms with Gasteiger partial charge in [0.25, 0.3) is 5.89 Å². The van der Waals surface area contributed by atoms with Crippen molar-refractivity contribution in [1.82, 2.24) is 10.2 Å². The van der Waals surface area contributed by atoms with Crippen LogP contribution < -0.4 is 34.7 Å². The van der Waals surface area contributed by atoms with E-state index in [0.29, 0.717) is 0 Å². The molecule has 0 aliphatic carbocycles. The molecular formula is C3HN2NaO3. The Morgan fingerprint density at radius 3 is 2.67 bits per heavy atom. The maximum atomic E-state index is 9.75. The van der Waals surface area contributed by atoms with Gasteiger partial charge in [-0.3, -0.25) is 0 Å². The van der Waals surface area contributed by atoms with Crippen molar-refractivity contribution in [3.05, 3.63) is 12.3 Å². The molecule has 0 aliphatic heterocycles. The number of carboxylic acid groups (broad SMARTS) is 1. The SMILES string of the molecule is O=C([O-])c1nnco1.[Na+]. The maximum Gasteiger partial charge on any atom is 1.00 e. The number of carbonyl (C=O) groups excluding carboxylic acids is 1. The first-order valence-electron chi connectivity index (χ1n) is 1.78. The molecule has 0 N–H and O–H groups in total. The average molecular weight is 136 g/mol. The smallest absolute Gasteiger partial charge is 0.540 e. The van der Waals surface area contributed by atoms with Gasteiger partial charge < -0.3 is 14.3 Å². The quantitative estimate of drug-likeness (QED) is 0.363. The number of hydrogen-bond acceptors (Lipinski definition) is 5. The van der Waals surface area contributed by atoms with Gasteiger partial charge in [0.1, 0.15) is 5.97 Å². The van der Waals surface area contributed by atoms with E-state index in [0.717, 1.165) is 6.39 Å². The number of carbonyl (C=O) groups is 1. The van der Waals surface area contributed by atoms with Crippen LogP contribution in [0.3, 0.4) is 0 Å². The van der Waals surface area contributed by atoms with Crippen LogP contribution in [0.2, 0.25) is 0 Å². The molecule has 0 saturated carbocycles. The minimum Gasteiger partial charge on any atom is -0.540 e. The van der Waals surface area contributed by atoms with E-state index in [1.54, 1.807) is 0 Å². The van der Waals surface area contributed by atoms with Crippen LogP contribution in [0.25, 0.3) is 0 Å². The molecule has 0 fully saturated rings. The van der Waals surface area contributed by atoms with Crippen LogP contribution in [0.4, 0.5) is 0 Å². The van der Waals surface area contributed by atoms with E-state index in [1.165, 1.54) is 0 Å². The normalized spacial score (nSPS) is 8.00. The van der Waals surface area contributed by atoms with Gasteiger partial charge in [-0.1, -0.05) is 0 Å². The monoisotopic (exact) mass is 136 g/mol.